The van der Waals surface area contributed by atoms with Crippen molar-refractivity contribution in [3.8, 4) is 0 Å². The van der Waals surface area contributed by atoms with Gasteiger partial charge in [0.25, 0.3) is 5.91 Å². The summed E-state index contributed by atoms with van der Waals surface area (Å²) in [5.74, 6) is -0.173. The van der Waals surface area contributed by atoms with Crippen molar-refractivity contribution in [1.29, 1.82) is 0 Å². The van der Waals surface area contributed by atoms with Crippen LogP contribution in [0.3, 0.4) is 0 Å². The van der Waals surface area contributed by atoms with Crippen LogP contribution in [0.4, 0.5) is 0 Å². The van der Waals surface area contributed by atoms with Gasteiger partial charge in [0.05, 0.1) is 17.2 Å². The Hall–Kier alpha value is -2.27. The second-order valence-corrected chi connectivity index (χ2v) is 5.30. The molecule has 1 aromatic heterocycles. The van der Waals surface area contributed by atoms with Crippen LogP contribution in [0.2, 0.25) is 0 Å². The molecule has 0 aliphatic carbocycles. The maximum atomic E-state index is 12.1. The average molecular weight is 282 g/mol. The molecule has 1 aliphatic heterocycles. The summed E-state index contributed by atoms with van der Waals surface area (Å²) in [6, 6.07) is 7.54. The fourth-order valence-electron chi connectivity index (χ4n) is 2.32. The molecule has 0 fully saturated rings. The van der Waals surface area contributed by atoms with Crippen molar-refractivity contribution in [2.75, 3.05) is 26.7 Å². The molecule has 5 nitrogen and oxygen atoms in total. The smallest absolute Gasteiger partial charge is 0.271 e. The van der Waals surface area contributed by atoms with Crippen molar-refractivity contribution in [3.05, 3.63) is 47.8 Å². The number of carbonyl (C=O) groups is 1. The van der Waals surface area contributed by atoms with Crippen LogP contribution in [0.1, 0.15) is 16.9 Å². The van der Waals surface area contributed by atoms with Crippen LogP contribution in [0, 0.1) is 0 Å². The first-order chi connectivity index (χ1) is 10.2. The highest BCUT2D eigenvalue weighted by Gasteiger charge is 2.11. The molecule has 21 heavy (non-hydrogen) atoms. The number of benzene rings is 1. The third kappa shape index (κ3) is 3.25. The minimum atomic E-state index is -0.173. The Balaban J connectivity index is 1.66. The van der Waals surface area contributed by atoms with E-state index in [1.54, 1.807) is 0 Å². The fraction of sp³-hybridized carbons (Fsp3) is 0.312. The zero-order chi connectivity index (χ0) is 14.7. The van der Waals surface area contributed by atoms with Gasteiger partial charge in [0.2, 0.25) is 0 Å². The summed E-state index contributed by atoms with van der Waals surface area (Å²) in [7, 11) is 2.09. The first-order valence-corrected chi connectivity index (χ1v) is 7.09. The molecular formula is C16H18N4O. The largest absolute Gasteiger partial charge is 0.347 e. The lowest BCUT2D eigenvalue weighted by molar-refractivity contribution is 0.0951. The Morgan fingerprint density at radius 1 is 1.33 bits per heavy atom. The van der Waals surface area contributed by atoms with Crippen molar-refractivity contribution >= 4 is 16.9 Å². The number of carbonyl (C=O) groups excluding carboxylic acids is 1. The third-order valence-corrected chi connectivity index (χ3v) is 3.66. The van der Waals surface area contributed by atoms with Gasteiger partial charge in [-0.15, -0.1) is 0 Å². The Labute approximate surface area is 123 Å². The quantitative estimate of drug-likeness (QED) is 0.869. The van der Waals surface area contributed by atoms with Gasteiger partial charge >= 0.3 is 0 Å². The maximum absolute atomic E-state index is 12.1. The van der Waals surface area contributed by atoms with Crippen molar-refractivity contribution < 1.29 is 4.79 Å². The van der Waals surface area contributed by atoms with Gasteiger partial charge in [-0.25, -0.2) is 4.98 Å². The summed E-state index contributed by atoms with van der Waals surface area (Å²) in [5.41, 5.74) is 3.17. The molecule has 0 atom stereocenters. The van der Waals surface area contributed by atoms with Gasteiger partial charge in [0.1, 0.15) is 5.69 Å². The van der Waals surface area contributed by atoms with E-state index in [-0.39, 0.29) is 5.91 Å². The Morgan fingerprint density at radius 3 is 2.90 bits per heavy atom. The summed E-state index contributed by atoms with van der Waals surface area (Å²) < 4.78 is 0. The molecule has 3 rings (SSSR count). The van der Waals surface area contributed by atoms with Crippen molar-refractivity contribution in [3.63, 3.8) is 0 Å². The van der Waals surface area contributed by atoms with Gasteiger partial charge in [-0.3, -0.25) is 9.78 Å². The fourth-order valence-corrected chi connectivity index (χ4v) is 2.32. The summed E-state index contributed by atoms with van der Waals surface area (Å²) in [5, 5.41) is 2.92. The van der Waals surface area contributed by atoms with Crippen molar-refractivity contribution in [1.82, 2.24) is 20.2 Å². The molecule has 0 saturated carbocycles. The van der Waals surface area contributed by atoms with Crippen molar-refractivity contribution in [2.24, 2.45) is 0 Å². The van der Waals surface area contributed by atoms with E-state index in [0.29, 0.717) is 12.2 Å². The van der Waals surface area contributed by atoms with Gasteiger partial charge in [-0.05, 0) is 25.6 Å². The van der Waals surface area contributed by atoms with Gasteiger partial charge in [0.15, 0.2) is 0 Å². The van der Waals surface area contributed by atoms with E-state index in [1.165, 1.54) is 11.8 Å². The Morgan fingerprint density at radius 2 is 2.14 bits per heavy atom. The van der Waals surface area contributed by atoms with Crippen LogP contribution in [-0.2, 0) is 0 Å². The Kier molecular flexibility index (Phi) is 3.92. The van der Waals surface area contributed by atoms with E-state index in [0.717, 1.165) is 30.5 Å². The first-order valence-electron chi connectivity index (χ1n) is 7.09. The number of nitrogens with zero attached hydrogens (tertiary/aromatic N) is 3. The number of likely N-dealkylation sites (N-methyl/N-ethyl adjacent to an activating group) is 1. The number of hydrogen-bond donors (Lipinski definition) is 1. The minimum absolute atomic E-state index is 0.173. The predicted molar refractivity (Wildman–Crippen MR) is 82.1 cm³/mol. The highest BCUT2D eigenvalue weighted by atomic mass is 16.1. The van der Waals surface area contributed by atoms with E-state index in [4.69, 9.17) is 0 Å². The highest BCUT2D eigenvalue weighted by Crippen LogP contribution is 2.10. The van der Waals surface area contributed by atoms with Crippen LogP contribution in [0.5, 0.6) is 0 Å². The van der Waals surface area contributed by atoms with E-state index in [1.807, 2.05) is 24.3 Å². The van der Waals surface area contributed by atoms with Gasteiger partial charge < -0.3 is 10.2 Å². The number of amides is 1. The van der Waals surface area contributed by atoms with E-state index in [9.17, 15) is 4.79 Å². The molecule has 0 spiro atoms. The molecule has 0 saturated heterocycles. The molecule has 1 aliphatic rings. The SMILES string of the molecule is CN1CC=C(CNC(=O)c2cnc3ccccc3n2)CC1. The number of rotatable bonds is 3. The van der Waals surface area contributed by atoms with Gasteiger partial charge in [0, 0.05) is 19.6 Å². The second kappa shape index (κ2) is 6.01. The highest BCUT2D eigenvalue weighted by molar-refractivity contribution is 5.93. The summed E-state index contributed by atoms with van der Waals surface area (Å²) in [6.07, 6.45) is 4.71. The van der Waals surface area contributed by atoms with E-state index >= 15 is 0 Å². The van der Waals surface area contributed by atoms with Crippen LogP contribution in [-0.4, -0.2) is 47.5 Å². The topological polar surface area (TPSA) is 58.1 Å². The number of nitrogens with one attached hydrogen (secondary N) is 1. The molecule has 0 radical (unpaired) electrons. The molecule has 1 amide bonds. The third-order valence-electron chi connectivity index (χ3n) is 3.66. The number of fused-ring (bicyclic) bond motifs is 1. The molecule has 1 N–H and O–H groups in total. The zero-order valence-electron chi connectivity index (χ0n) is 12.0. The summed E-state index contributed by atoms with van der Waals surface area (Å²) in [6.45, 7) is 2.57. The molecule has 108 valence electrons. The maximum Gasteiger partial charge on any atom is 0.271 e. The molecule has 0 unspecified atom stereocenters. The normalized spacial score (nSPS) is 15.8. The monoisotopic (exact) mass is 282 g/mol. The average Bonchev–Trinajstić information content (AvgIpc) is 2.53. The molecule has 2 heterocycles. The molecule has 5 heteroatoms. The van der Waals surface area contributed by atoms with E-state index < -0.39 is 0 Å². The number of para-hydroxylation sites is 2. The summed E-state index contributed by atoms with van der Waals surface area (Å²) >= 11 is 0. The minimum Gasteiger partial charge on any atom is -0.347 e. The van der Waals surface area contributed by atoms with Crippen LogP contribution >= 0.6 is 0 Å². The lowest BCUT2D eigenvalue weighted by Gasteiger charge is -2.21. The lowest BCUT2D eigenvalue weighted by Crippen LogP contribution is -2.31. The second-order valence-electron chi connectivity index (χ2n) is 5.30. The van der Waals surface area contributed by atoms with E-state index in [2.05, 4.69) is 33.3 Å². The standard InChI is InChI=1S/C16H18N4O/c1-20-8-6-12(7-9-20)10-18-16(21)15-11-17-13-4-2-3-5-14(13)19-15/h2-6,11H,7-10H2,1H3,(H,18,21). The number of aromatic nitrogens is 2. The molecule has 2 aromatic rings. The summed E-state index contributed by atoms with van der Waals surface area (Å²) in [4.78, 5) is 23.0. The van der Waals surface area contributed by atoms with Crippen molar-refractivity contribution in [2.45, 2.75) is 6.42 Å². The first kappa shape index (κ1) is 13.7. The molecule has 1 aromatic carbocycles. The predicted octanol–water partition coefficient (Wildman–Crippen LogP) is 1.62. The Bertz CT molecular complexity index is 695. The van der Waals surface area contributed by atoms with Crippen LogP contribution in [0.25, 0.3) is 11.0 Å². The molecule has 0 bridgehead atoms. The lowest BCUT2D eigenvalue weighted by atomic mass is 10.1. The molecular weight excluding hydrogens is 264 g/mol. The number of hydrogen-bond acceptors (Lipinski definition) is 4. The van der Waals surface area contributed by atoms with Gasteiger partial charge in [-0.2, -0.15) is 0 Å². The van der Waals surface area contributed by atoms with Crippen LogP contribution in [0.15, 0.2) is 42.1 Å². The van der Waals surface area contributed by atoms with Crippen LogP contribution < -0.4 is 5.32 Å². The van der Waals surface area contributed by atoms with Gasteiger partial charge in [-0.1, -0.05) is 23.8 Å². The zero-order valence-corrected chi connectivity index (χ0v) is 12.0.